The molecule has 86 valence electrons. The lowest BCUT2D eigenvalue weighted by Gasteiger charge is -2.23. The van der Waals surface area contributed by atoms with E-state index >= 15 is 0 Å². The van der Waals surface area contributed by atoms with E-state index in [1.807, 2.05) is 0 Å². The first-order chi connectivity index (χ1) is 7.43. The van der Waals surface area contributed by atoms with E-state index in [9.17, 15) is 9.59 Å². The zero-order chi connectivity index (χ0) is 12.3. The summed E-state index contributed by atoms with van der Waals surface area (Å²) in [5, 5.41) is 9.10. The van der Waals surface area contributed by atoms with E-state index in [0.29, 0.717) is 10.0 Å². The Morgan fingerprint density at radius 2 is 2.12 bits per heavy atom. The van der Waals surface area contributed by atoms with Crippen LogP contribution in [0.2, 0.25) is 0 Å². The van der Waals surface area contributed by atoms with Gasteiger partial charge < -0.3 is 10.0 Å². The van der Waals surface area contributed by atoms with Crippen molar-refractivity contribution in [3.05, 3.63) is 28.5 Å². The summed E-state index contributed by atoms with van der Waals surface area (Å²) in [6.07, 6.45) is 2.99. The average molecular weight is 287 g/mol. The van der Waals surface area contributed by atoms with Gasteiger partial charge in [-0.3, -0.25) is 9.78 Å². The number of pyridine rings is 1. The van der Waals surface area contributed by atoms with Crippen molar-refractivity contribution < 1.29 is 14.7 Å². The summed E-state index contributed by atoms with van der Waals surface area (Å²) < 4.78 is 0.674. The molecule has 0 saturated heterocycles. The van der Waals surface area contributed by atoms with E-state index in [0.717, 1.165) is 4.90 Å². The monoisotopic (exact) mass is 286 g/mol. The number of carbonyl (C=O) groups excluding carboxylic acids is 1. The van der Waals surface area contributed by atoms with Crippen LogP contribution in [-0.4, -0.2) is 33.9 Å². The highest BCUT2D eigenvalue weighted by Crippen LogP contribution is 2.21. The molecule has 1 N–H and O–H groups in total. The fourth-order valence-corrected chi connectivity index (χ4v) is 1.67. The molecule has 5 nitrogen and oxygen atoms in total. The Morgan fingerprint density at radius 1 is 1.50 bits per heavy atom. The molecule has 1 atom stereocenters. The van der Waals surface area contributed by atoms with E-state index in [4.69, 9.17) is 5.11 Å². The summed E-state index contributed by atoms with van der Waals surface area (Å²) >= 11 is 3.21. The predicted molar refractivity (Wildman–Crippen MR) is 60.8 cm³/mol. The van der Waals surface area contributed by atoms with E-state index in [2.05, 4.69) is 20.9 Å². The Balaban J connectivity index is 3.12. The van der Waals surface area contributed by atoms with E-state index in [1.54, 1.807) is 12.3 Å². The largest absolute Gasteiger partial charge is 0.479 e. The molecule has 0 saturated carbocycles. The molecule has 0 spiro atoms. The zero-order valence-corrected chi connectivity index (χ0v) is 10.4. The predicted octanol–water partition coefficient (Wildman–Crippen LogP) is 1.45. The van der Waals surface area contributed by atoms with Crippen molar-refractivity contribution in [1.29, 1.82) is 0 Å². The van der Waals surface area contributed by atoms with Crippen LogP contribution in [0.15, 0.2) is 22.9 Å². The highest BCUT2D eigenvalue weighted by Gasteiger charge is 2.26. The van der Waals surface area contributed by atoms with Crippen molar-refractivity contribution >= 4 is 27.8 Å². The van der Waals surface area contributed by atoms with Crippen LogP contribution in [0.3, 0.4) is 0 Å². The number of aromatic nitrogens is 1. The van der Waals surface area contributed by atoms with Gasteiger partial charge in [0, 0.05) is 36.4 Å². The van der Waals surface area contributed by atoms with Crippen LogP contribution in [0, 0.1) is 0 Å². The number of carbonyl (C=O) groups is 2. The van der Waals surface area contributed by atoms with Crippen LogP contribution < -0.4 is 0 Å². The highest BCUT2D eigenvalue weighted by atomic mass is 79.9. The number of carboxylic acid groups (broad SMARTS) is 1. The summed E-state index contributed by atoms with van der Waals surface area (Å²) in [5.41, 5.74) is 0.458. The molecule has 0 aliphatic heterocycles. The summed E-state index contributed by atoms with van der Waals surface area (Å²) in [7, 11) is 1.45. The lowest BCUT2D eigenvalue weighted by Crippen LogP contribution is -2.34. The Bertz CT molecular complexity index is 422. The molecular formula is C10H11BrN2O3. The molecule has 0 aromatic carbocycles. The quantitative estimate of drug-likeness (QED) is 0.913. The van der Waals surface area contributed by atoms with Crippen LogP contribution in [-0.2, 0) is 9.59 Å². The minimum absolute atomic E-state index is 0.313. The van der Waals surface area contributed by atoms with Crippen molar-refractivity contribution in [2.75, 3.05) is 7.05 Å². The van der Waals surface area contributed by atoms with Crippen LogP contribution in [0.5, 0.6) is 0 Å². The Labute approximate surface area is 101 Å². The van der Waals surface area contributed by atoms with Gasteiger partial charge >= 0.3 is 5.97 Å². The Morgan fingerprint density at radius 3 is 2.56 bits per heavy atom. The summed E-state index contributed by atoms with van der Waals surface area (Å²) in [4.78, 5) is 27.3. The van der Waals surface area contributed by atoms with Gasteiger partial charge in [0.15, 0.2) is 6.04 Å². The molecule has 0 aliphatic rings. The van der Waals surface area contributed by atoms with Gasteiger partial charge in [-0.1, -0.05) is 0 Å². The van der Waals surface area contributed by atoms with Crippen molar-refractivity contribution in [3.63, 3.8) is 0 Å². The third-order valence-corrected chi connectivity index (χ3v) is 2.59. The molecule has 0 fully saturated rings. The Kier molecular flexibility index (Phi) is 4.00. The first kappa shape index (κ1) is 12.6. The van der Waals surface area contributed by atoms with E-state index in [-0.39, 0.29) is 5.91 Å². The highest BCUT2D eigenvalue weighted by molar-refractivity contribution is 9.10. The number of hydrogen-bond acceptors (Lipinski definition) is 3. The van der Waals surface area contributed by atoms with Crippen molar-refractivity contribution in [3.8, 4) is 0 Å². The topological polar surface area (TPSA) is 70.5 Å². The molecule has 0 aliphatic carbocycles. The lowest BCUT2D eigenvalue weighted by atomic mass is 10.1. The minimum atomic E-state index is -1.09. The smallest absolute Gasteiger partial charge is 0.331 e. The third-order valence-electron chi connectivity index (χ3n) is 2.16. The Hall–Kier alpha value is -1.43. The van der Waals surface area contributed by atoms with Crippen LogP contribution >= 0.6 is 15.9 Å². The van der Waals surface area contributed by atoms with Crippen molar-refractivity contribution in [2.45, 2.75) is 13.0 Å². The summed E-state index contributed by atoms with van der Waals surface area (Å²) in [5.74, 6) is -1.40. The van der Waals surface area contributed by atoms with Crippen LogP contribution in [0.25, 0.3) is 0 Å². The number of likely N-dealkylation sites (N-methyl/N-ethyl adjacent to an activating group) is 1. The molecule has 1 aromatic heterocycles. The summed E-state index contributed by atoms with van der Waals surface area (Å²) in [6, 6.07) is 0.619. The van der Waals surface area contributed by atoms with Crippen molar-refractivity contribution in [1.82, 2.24) is 9.88 Å². The number of aliphatic carboxylic acids is 1. The molecule has 0 bridgehead atoms. The second kappa shape index (κ2) is 5.07. The first-order valence-corrected chi connectivity index (χ1v) is 5.29. The number of halogens is 1. The number of rotatable bonds is 3. The number of nitrogens with zero attached hydrogens (tertiary/aromatic N) is 2. The average Bonchev–Trinajstić information content (AvgIpc) is 2.17. The molecule has 1 rings (SSSR count). The molecule has 1 heterocycles. The molecule has 1 amide bonds. The van der Waals surface area contributed by atoms with Gasteiger partial charge in [0.1, 0.15) is 0 Å². The molecule has 0 radical (unpaired) electrons. The normalized spacial score (nSPS) is 11.9. The molecule has 1 aromatic rings. The zero-order valence-electron chi connectivity index (χ0n) is 8.85. The van der Waals surface area contributed by atoms with E-state index in [1.165, 1.54) is 20.2 Å². The maximum Gasteiger partial charge on any atom is 0.331 e. The van der Waals surface area contributed by atoms with Crippen molar-refractivity contribution in [2.24, 2.45) is 0 Å². The number of carboxylic acids is 1. The third kappa shape index (κ3) is 2.79. The van der Waals surface area contributed by atoms with E-state index < -0.39 is 12.0 Å². The molecule has 1 unspecified atom stereocenters. The maximum absolute atomic E-state index is 11.2. The van der Waals surface area contributed by atoms with Gasteiger partial charge in [0.2, 0.25) is 5.91 Å². The molecule has 16 heavy (non-hydrogen) atoms. The SMILES string of the molecule is CC(=O)N(C)C(C(=O)O)c1cncc(Br)c1. The van der Waals surface area contributed by atoms with Gasteiger partial charge in [-0.05, 0) is 22.0 Å². The van der Waals surface area contributed by atoms with Crippen LogP contribution in [0.4, 0.5) is 0 Å². The minimum Gasteiger partial charge on any atom is -0.479 e. The second-order valence-electron chi connectivity index (χ2n) is 3.31. The van der Waals surface area contributed by atoms with Gasteiger partial charge in [0.05, 0.1) is 0 Å². The fourth-order valence-electron chi connectivity index (χ4n) is 1.29. The standard InChI is InChI=1S/C10H11BrN2O3/c1-6(14)13(2)9(10(15)16)7-3-8(11)5-12-4-7/h3-5,9H,1-2H3,(H,15,16). The fraction of sp³-hybridized carbons (Fsp3) is 0.300. The van der Waals surface area contributed by atoms with Gasteiger partial charge in [0.25, 0.3) is 0 Å². The molecular weight excluding hydrogens is 276 g/mol. The van der Waals surface area contributed by atoms with Crippen LogP contribution in [0.1, 0.15) is 18.5 Å². The lowest BCUT2D eigenvalue weighted by molar-refractivity contribution is -0.148. The first-order valence-electron chi connectivity index (χ1n) is 4.50. The number of hydrogen-bond donors (Lipinski definition) is 1. The number of amides is 1. The van der Waals surface area contributed by atoms with Gasteiger partial charge in [-0.15, -0.1) is 0 Å². The van der Waals surface area contributed by atoms with Gasteiger partial charge in [-0.25, -0.2) is 4.79 Å². The molecule has 6 heteroatoms. The second-order valence-corrected chi connectivity index (χ2v) is 4.22. The maximum atomic E-state index is 11.2. The van der Waals surface area contributed by atoms with Gasteiger partial charge in [-0.2, -0.15) is 0 Å². The summed E-state index contributed by atoms with van der Waals surface area (Å²) in [6.45, 7) is 1.32.